The fourth-order valence-electron chi connectivity index (χ4n) is 2.87. The first-order valence-electron chi connectivity index (χ1n) is 8.37. The molecule has 7 nitrogen and oxygen atoms in total. The van der Waals surface area contributed by atoms with Gasteiger partial charge in [0, 0.05) is 13.1 Å². The van der Waals surface area contributed by atoms with E-state index in [4.69, 9.17) is 0 Å². The van der Waals surface area contributed by atoms with Gasteiger partial charge in [0.25, 0.3) is 0 Å². The zero-order valence-corrected chi connectivity index (χ0v) is 14.3. The highest BCUT2D eigenvalue weighted by Gasteiger charge is 2.32. The second kappa shape index (κ2) is 7.77. The number of aromatic nitrogens is 3. The predicted molar refractivity (Wildman–Crippen MR) is 88.3 cm³/mol. The Morgan fingerprint density at radius 3 is 2.59 bits per heavy atom. The number of amides is 2. The summed E-state index contributed by atoms with van der Waals surface area (Å²) in [4.78, 5) is 25.9. The third kappa shape index (κ3) is 4.83. The van der Waals surface area contributed by atoms with Gasteiger partial charge in [-0.05, 0) is 18.1 Å². The highest BCUT2D eigenvalue weighted by atomic mass is 19.4. The fraction of sp³-hybridized carbons (Fsp3) is 0.412. The number of carbonyl (C=O) groups excluding carboxylic acids is 2. The van der Waals surface area contributed by atoms with Gasteiger partial charge in [-0.15, -0.1) is 10.2 Å². The van der Waals surface area contributed by atoms with Gasteiger partial charge in [-0.25, -0.2) is 0 Å². The summed E-state index contributed by atoms with van der Waals surface area (Å²) in [7, 11) is 0. The third-order valence-corrected chi connectivity index (χ3v) is 4.40. The first-order valence-corrected chi connectivity index (χ1v) is 8.37. The molecule has 2 aromatic rings. The zero-order valence-electron chi connectivity index (χ0n) is 14.3. The molecule has 0 aliphatic carbocycles. The van der Waals surface area contributed by atoms with E-state index in [-0.39, 0.29) is 42.9 Å². The van der Waals surface area contributed by atoms with Crippen molar-refractivity contribution < 1.29 is 22.8 Å². The molecule has 1 saturated heterocycles. The van der Waals surface area contributed by atoms with Crippen LogP contribution in [0.3, 0.4) is 0 Å². The molecule has 0 saturated carbocycles. The summed E-state index contributed by atoms with van der Waals surface area (Å²) in [6.45, 7) is 1.00. The SMILES string of the molecule is O=C(Cc1cccc(C(F)(F)F)c1)NCC1CCN1C(=O)Cn1cnnc1. The molecule has 1 N–H and O–H groups in total. The first kappa shape index (κ1) is 18.9. The van der Waals surface area contributed by atoms with Crippen molar-refractivity contribution in [2.45, 2.75) is 31.6 Å². The molecule has 1 atom stereocenters. The summed E-state index contributed by atoms with van der Waals surface area (Å²) in [6, 6.07) is 4.59. The molecular weight excluding hydrogens is 363 g/mol. The summed E-state index contributed by atoms with van der Waals surface area (Å²) >= 11 is 0. The summed E-state index contributed by atoms with van der Waals surface area (Å²) < 4.78 is 39.7. The Balaban J connectivity index is 1.47. The van der Waals surface area contributed by atoms with Crippen LogP contribution in [-0.4, -0.2) is 50.6 Å². The fourth-order valence-corrected chi connectivity index (χ4v) is 2.87. The number of hydrogen-bond donors (Lipinski definition) is 1. The number of carbonyl (C=O) groups is 2. The van der Waals surface area contributed by atoms with Gasteiger partial charge in [0.15, 0.2) is 0 Å². The van der Waals surface area contributed by atoms with E-state index in [1.165, 1.54) is 24.8 Å². The molecule has 144 valence electrons. The first-order chi connectivity index (χ1) is 12.8. The number of nitrogens with one attached hydrogen (secondary N) is 1. The molecule has 1 unspecified atom stereocenters. The molecule has 27 heavy (non-hydrogen) atoms. The second-order valence-electron chi connectivity index (χ2n) is 6.34. The van der Waals surface area contributed by atoms with Gasteiger partial charge in [-0.1, -0.05) is 18.2 Å². The van der Waals surface area contributed by atoms with E-state index >= 15 is 0 Å². The highest BCUT2D eigenvalue weighted by molar-refractivity contribution is 5.79. The Hall–Kier alpha value is -2.91. The summed E-state index contributed by atoms with van der Waals surface area (Å²) in [6.07, 6.45) is -0.930. The maximum absolute atomic E-state index is 12.7. The van der Waals surface area contributed by atoms with E-state index in [1.54, 1.807) is 9.47 Å². The van der Waals surface area contributed by atoms with Crippen molar-refractivity contribution in [2.75, 3.05) is 13.1 Å². The topological polar surface area (TPSA) is 80.1 Å². The van der Waals surface area contributed by atoms with Gasteiger partial charge in [0.2, 0.25) is 11.8 Å². The Kier molecular flexibility index (Phi) is 5.43. The minimum absolute atomic E-state index is 0.0989. The smallest absolute Gasteiger partial charge is 0.354 e. The second-order valence-corrected chi connectivity index (χ2v) is 6.34. The summed E-state index contributed by atoms with van der Waals surface area (Å²) in [5.41, 5.74) is -0.492. The monoisotopic (exact) mass is 381 g/mol. The van der Waals surface area contributed by atoms with Crippen LogP contribution in [0.25, 0.3) is 0 Å². The van der Waals surface area contributed by atoms with Crippen LogP contribution in [0.1, 0.15) is 17.5 Å². The molecule has 0 radical (unpaired) electrons. The Morgan fingerprint density at radius 2 is 1.96 bits per heavy atom. The molecule has 2 amide bonds. The zero-order chi connectivity index (χ0) is 19.4. The molecule has 1 aromatic carbocycles. The van der Waals surface area contributed by atoms with Crippen LogP contribution in [0.15, 0.2) is 36.9 Å². The Labute approximate surface area is 153 Å². The summed E-state index contributed by atoms with van der Waals surface area (Å²) in [5, 5.41) is 9.96. The molecule has 3 rings (SSSR count). The van der Waals surface area contributed by atoms with Crippen molar-refractivity contribution in [3.8, 4) is 0 Å². The minimum atomic E-state index is -4.44. The molecular formula is C17H18F3N5O2. The average molecular weight is 381 g/mol. The average Bonchev–Trinajstić information content (AvgIpc) is 3.06. The molecule has 10 heteroatoms. The van der Waals surface area contributed by atoms with E-state index in [2.05, 4.69) is 15.5 Å². The largest absolute Gasteiger partial charge is 0.416 e. The van der Waals surface area contributed by atoms with Crippen molar-refractivity contribution in [3.05, 3.63) is 48.0 Å². The predicted octanol–water partition coefficient (Wildman–Crippen LogP) is 1.26. The van der Waals surface area contributed by atoms with E-state index < -0.39 is 11.7 Å². The van der Waals surface area contributed by atoms with Crippen molar-refractivity contribution in [2.24, 2.45) is 0 Å². The summed E-state index contributed by atoms with van der Waals surface area (Å²) in [5.74, 6) is -0.481. The highest BCUT2D eigenvalue weighted by Crippen LogP contribution is 2.29. The number of benzene rings is 1. The van der Waals surface area contributed by atoms with Crippen molar-refractivity contribution in [3.63, 3.8) is 0 Å². The molecule has 1 fully saturated rings. The van der Waals surface area contributed by atoms with Crippen LogP contribution in [0, 0.1) is 0 Å². The van der Waals surface area contributed by atoms with E-state index in [1.807, 2.05) is 0 Å². The van der Waals surface area contributed by atoms with E-state index in [0.717, 1.165) is 18.6 Å². The van der Waals surface area contributed by atoms with Gasteiger partial charge < -0.3 is 14.8 Å². The Bertz CT molecular complexity index is 807. The molecule has 0 bridgehead atoms. The standard InChI is InChI=1S/C17H18F3N5O2/c18-17(19,20)13-3-1-2-12(6-13)7-15(26)21-8-14-4-5-25(14)16(27)9-24-10-22-23-11-24/h1-3,6,10-11,14H,4-5,7-9H2,(H,21,26). The molecule has 1 aliphatic rings. The van der Waals surface area contributed by atoms with Crippen molar-refractivity contribution in [1.29, 1.82) is 0 Å². The van der Waals surface area contributed by atoms with Gasteiger partial charge in [0.05, 0.1) is 18.0 Å². The maximum Gasteiger partial charge on any atom is 0.416 e. The number of alkyl halides is 3. The van der Waals surface area contributed by atoms with Crippen LogP contribution >= 0.6 is 0 Å². The van der Waals surface area contributed by atoms with Crippen LogP contribution < -0.4 is 5.32 Å². The third-order valence-electron chi connectivity index (χ3n) is 4.40. The van der Waals surface area contributed by atoms with Crippen LogP contribution in [0.5, 0.6) is 0 Å². The van der Waals surface area contributed by atoms with Gasteiger partial charge in [-0.2, -0.15) is 13.2 Å². The molecule has 2 heterocycles. The molecule has 0 spiro atoms. The maximum atomic E-state index is 12.7. The molecule has 1 aliphatic heterocycles. The number of rotatable bonds is 6. The van der Waals surface area contributed by atoms with Crippen LogP contribution in [-0.2, 0) is 28.7 Å². The van der Waals surface area contributed by atoms with Gasteiger partial charge >= 0.3 is 6.18 Å². The lowest BCUT2D eigenvalue weighted by Gasteiger charge is -2.41. The van der Waals surface area contributed by atoms with E-state index in [9.17, 15) is 22.8 Å². The van der Waals surface area contributed by atoms with E-state index in [0.29, 0.717) is 6.54 Å². The van der Waals surface area contributed by atoms with Gasteiger partial charge in [-0.3, -0.25) is 9.59 Å². The number of likely N-dealkylation sites (tertiary alicyclic amines) is 1. The van der Waals surface area contributed by atoms with Gasteiger partial charge in [0.1, 0.15) is 19.2 Å². The van der Waals surface area contributed by atoms with Crippen LogP contribution in [0.4, 0.5) is 13.2 Å². The van der Waals surface area contributed by atoms with Crippen molar-refractivity contribution >= 4 is 11.8 Å². The number of hydrogen-bond acceptors (Lipinski definition) is 4. The lowest BCUT2D eigenvalue weighted by molar-refractivity contribution is -0.140. The minimum Gasteiger partial charge on any atom is -0.354 e. The Morgan fingerprint density at radius 1 is 1.22 bits per heavy atom. The van der Waals surface area contributed by atoms with Crippen molar-refractivity contribution in [1.82, 2.24) is 25.0 Å². The van der Waals surface area contributed by atoms with Crippen LogP contribution in [0.2, 0.25) is 0 Å². The lowest BCUT2D eigenvalue weighted by Crippen LogP contribution is -2.56. The quantitative estimate of drug-likeness (QED) is 0.817. The molecule has 1 aromatic heterocycles. The number of halogens is 3. The lowest BCUT2D eigenvalue weighted by atomic mass is 10.0. The normalized spacial score (nSPS) is 16.7. The number of nitrogens with zero attached hydrogens (tertiary/aromatic N) is 4.